The Morgan fingerprint density at radius 1 is 1.15 bits per heavy atom. The fourth-order valence-electron chi connectivity index (χ4n) is 4.67. The number of amides is 1. The van der Waals surface area contributed by atoms with Crippen LogP contribution >= 0.6 is 15.9 Å². The van der Waals surface area contributed by atoms with E-state index in [1.165, 1.54) is 30.2 Å². The van der Waals surface area contributed by atoms with Gasteiger partial charge in [0, 0.05) is 22.6 Å². The van der Waals surface area contributed by atoms with E-state index in [-0.39, 0.29) is 11.3 Å². The van der Waals surface area contributed by atoms with E-state index in [4.69, 9.17) is 9.47 Å². The maximum Gasteiger partial charge on any atom is 0.432 e. The molecule has 1 spiro atoms. The average Bonchev–Trinajstić information content (AvgIpc) is 2.99. The first-order valence-corrected chi connectivity index (χ1v) is 10.6. The van der Waals surface area contributed by atoms with Crippen LogP contribution < -0.4 is 9.80 Å². The number of methoxy groups -OCH3 is 1. The summed E-state index contributed by atoms with van der Waals surface area (Å²) in [5.74, 6) is -2.11. The van der Waals surface area contributed by atoms with Crippen LogP contribution in [-0.4, -0.2) is 38.4 Å². The van der Waals surface area contributed by atoms with Crippen LogP contribution in [0.25, 0.3) is 6.08 Å². The molecular formula is C23H16BrF3N2O4. The van der Waals surface area contributed by atoms with Crippen LogP contribution in [0, 0.1) is 0 Å². The Labute approximate surface area is 195 Å². The molecule has 2 aromatic rings. The SMILES string of the molecule is COC(=O)C1=C(C(F)(F)F)N2c3cccc(Br)c3C=C[C@H]2O[C@@]12C(=O)N(C)c1ccccc12. The smallest absolute Gasteiger partial charge is 0.432 e. The molecule has 5 rings (SSSR count). The first-order valence-electron chi connectivity index (χ1n) is 9.84. The van der Waals surface area contributed by atoms with Gasteiger partial charge in [0.25, 0.3) is 5.91 Å². The number of anilines is 2. The molecule has 0 radical (unpaired) electrons. The number of fused-ring (bicyclic) bond motifs is 5. The monoisotopic (exact) mass is 520 g/mol. The van der Waals surface area contributed by atoms with Gasteiger partial charge >= 0.3 is 12.1 Å². The summed E-state index contributed by atoms with van der Waals surface area (Å²) in [5.41, 5.74) is -3.38. The molecule has 0 fully saturated rings. The fourth-order valence-corrected chi connectivity index (χ4v) is 5.16. The predicted molar refractivity (Wildman–Crippen MR) is 117 cm³/mol. The minimum atomic E-state index is -5.01. The van der Waals surface area contributed by atoms with Crippen molar-refractivity contribution in [1.29, 1.82) is 0 Å². The predicted octanol–water partition coefficient (Wildman–Crippen LogP) is 4.50. The second kappa shape index (κ2) is 7.19. The summed E-state index contributed by atoms with van der Waals surface area (Å²) < 4.78 is 55.8. The van der Waals surface area contributed by atoms with Gasteiger partial charge in [-0.2, -0.15) is 13.2 Å². The van der Waals surface area contributed by atoms with Crippen molar-refractivity contribution in [2.24, 2.45) is 0 Å². The van der Waals surface area contributed by atoms with E-state index in [0.717, 1.165) is 12.0 Å². The van der Waals surface area contributed by atoms with Crippen molar-refractivity contribution in [3.8, 4) is 0 Å². The summed E-state index contributed by atoms with van der Waals surface area (Å²) in [6.45, 7) is 0. The van der Waals surface area contributed by atoms with Crippen molar-refractivity contribution in [3.63, 3.8) is 0 Å². The van der Waals surface area contributed by atoms with E-state index in [0.29, 0.717) is 15.7 Å². The Bertz CT molecular complexity index is 1270. The maximum atomic E-state index is 14.8. The lowest BCUT2D eigenvalue weighted by Crippen LogP contribution is -2.58. The Kier molecular flexibility index (Phi) is 4.74. The quantitative estimate of drug-likeness (QED) is 0.518. The Hall–Kier alpha value is -3.11. The number of alkyl halides is 3. The van der Waals surface area contributed by atoms with Gasteiger partial charge in [-0.3, -0.25) is 4.79 Å². The standard InChI is InChI=1S/C23H16BrF3N2O4/c1-28-16-8-4-3-6-13(16)22(21(28)31)18(20(30)32-2)19(23(25,26)27)29-15-9-5-7-14(24)12(15)10-11-17(29)33-22/h3-11,17H,1-2H3/t17-,22-/m1/s1. The zero-order valence-corrected chi connectivity index (χ0v) is 18.9. The van der Waals surface area contributed by atoms with Crippen LogP contribution in [0.3, 0.4) is 0 Å². The van der Waals surface area contributed by atoms with Gasteiger partial charge in [0.05, 0.1) is 18.5 Å². The summed E-state index contributed by atoms with van der Waals surface area (Å²) in [6.07, 6.45) is -3.26. The minimum absolute atomic E-state index is 0.146. The number of carbonyl (C=O) groups excluding carboxylic acids is 2. The Morgan fingerprint density at radius 2 is 1.85 bits per heavy atom. The minimum Gasteiger partial charge on any atom is -0.466 e. The van der Waals surface area contributed by atoms with Crippen LogP contribution in [0.15, 0.2) is 64.3 Å². The number of hydrogen-bond acceptors (Lipinski definition) is 5. The molecule has 3 aliphatic heterocycles. The van der Waals surface area contributed by atoms with Crippen LogP contribution in [0.1, 0.15) is 11.1 Å². The summed E-state index contributed by atoms with van der Waals surface area (Å²) in [7, 11) is 2.40. The van der Waals surface area contributed by atoms with Gasteiger partial charge in [0.1, 0.15) is 11.3 Å². The molecule has 0 aliphatic carbocycles. The third-order valence-corrected chi connectivity index (χ3v) is 6.70. The van der Waals surface area contributed by atoms with Crippen molar-refractivity contribution < 1.29 is 32.2 Å². The molecule has 0 saturated heterocycles. The molecule has 2 aromatic carbocycles. The molecule has 170 valence electrons. The number of ether oxygens (including phenoxy) is 2. The van der Waals surface area contributed by atoms with Gasteiger partial charge in [-0.25, -0.2) is 4.79 Å². The number of allylic oxidation sites excluding steroid dienone is 1. The van der Waals surface area contributed by atoms with Crippen molar-refractivity contribution in [2.45, 2.75) is 18.0 Å². The maximum absolute atomic E-state index is 14.8. The molecule has 3 heterocycles. The first kappa shape index (κ1) is 21.7. The second-order valence-electron chi connectivity index (χ2n) is 7.69. The number of benzene rings is 2. The van der Waals surface area contributed by atoms with E-state index < -0.39 is 41.2 Å². The topological polar surface area (TPSA) is 59.1 Å². The van der Waals surface area contributed by atoms with Crippen LogP contribution in [-0.2, 0) is 24.7 Å². The van der Waals surface area contributed by atoms with E-state index in [2.05, 4.69) is 15.9 Å². The summed E-state index contributed by atoms with van der Waals surface area (Å²) in [5, 5.41) is 0. The van der Waals surface area contributed by atoms with Crippen molar-refractivity contribution >= 4 is 45.3 Å². The summed E-state index contributed by atoms with van der Waals surface area (Å²) in [4.78, 5) is 28.7. The number of hydrogen-bond donors (Lipinski definition) is 0. The molecule has 0 unspecified atom stereocenters. The number of para-hydroxylation sites is 1. The summed E-state index contributed by atoms with van der Waals surface area (Å²) in [6, 6.07) is 11.1. The second-order valence-corrected chi connectivity index (χ2v) is 8.54. The molecule has 6 nitrogen and oxygen atoms in total. The van der Waals surface area contributed by atoms with Gasteiger partial charge in [-0.15, -0.1) is 0 Å². The number of carbonyl (C=O) groups is 2. The largest absolute Gasteiger partial charge is 0.466 e. The van der Waals surface area contributed by atoms with Gasteiger partial charge in [-0.05, 0) is 24.3 Å². The van der Waals surface area contributed by atoms with E-state index in [1.54, 1.807) is 36.4 Å². The number of esters is 1. The Balaban J connectivity index is 1.91. The third-order valence-electron chi connectivity index (χ3n) is 6.01. The van der Waals surface area contributed by atoms with Crippen LogP contribution in [0.2, 0.25) is 0 Å². The third kappa shape index (κ3) is 2.83. The van der Waals surface area contributed by atoms with E-state index >= 15 is 0 Å². The van der Waals surface area contributed by atoms with Gasteiger partial charge in [-0.1, -0.05) is 46.3 Å². The average molecular weight is 521 g/mol. The highest BCUT2D eigenvalue weighted by atomic mass is 79.9. The van der Waals surface area contributed by atoms with E-state index in [1.807, 2.05) is 0 Å². The molecule has 33 heavy (non-hydrogen) atoms. The molecule has 0 N–H and O–H groups in total. The number of nitrogens with zero attached hydrogens (tertiary/aromatic N) is 2. The summed E-state index contributed by atoms with van der Waals surface area (Å²) >= 11 is 3.36. The molecule has 1 amide bonds. The molecule has 0 saturated carbocycles. The van der Waals surface area contributed by atoms with Gasteiger partial charge < -0.3 is 19.3 Å². The molecule has 10 heteroatoms. The number of rotatable bonds is 1. The normalized spacial score (nSPS) is 23.6. The lowest BCUT2D eigenvalue weighted by Gasteiger charge is -2.47. The molecule has 0 aromatic heterocycles. The van der Waals surface area contributed by atoms with Gasteiger partial charge in [0.2, 0.25) is 5.60 Å². The lowest BCUT2D eigenvalue weighted by atomic mass is 9.82. The number of likely N-dealkylation sites (N-methyl/N-ethyl adjacent to an activating group) is 1. The van der Waals surface area contributed by atoms with Crippen molar-refractivity contribution in [2.75, 3.05) is 24.0 Å². The van der Waals surface area contributed by atoms with Crippen LogP contribution in [0.4, 0.5) is 24.5 Å². The fraction of sp³-hybridized carbons (Fsp3) is 0.217. The molecular weight excluding hydrogens is 505 g/mol. The highest BCUT2D eigenvalue weighted by Gasteiger charge is 2.65. The van der Waals surface area contributed by atoms with Crippen molar-refractivity contribution in [3.05, 3.63) is 75.4 Å². The lowest BCUT2D eigenvalue weighted by molar-refractivity contribution is -0.160. The Morgan fingerprint density at radius 3 is 2.55 bits per heavy atom. The zero-order valence-electron chi connectivity index (χ0n) is 17.3. The van der Waals surface area contributed by atoms with Crippen LogP contribution in [0.5, 0.6) is 0 Å². The molecule has 3 aliphatic rings. The highest BCUT2D eigenvalue weighted by molar-refractivity contribution is 9.10. The molecule has 2 atom stereocenters. The highest BCUT2D eigenvalue weighted by Crippen LogP contribution is 2.55. The van der Waals surface area contributed by atoms with Crippen molar-refractivity contribution in [1.82, 2.24) is 0 Å². The zero-order chi connectivity index (χ0) is 23.7. The molecule has 0 bridgehead atoms. The van der Waals surface area contributed by atoms with E-state index in [9.17, 15) is 22.8 Å². The number of halogens is 4. The first-order chi connectivity index (χ1) is 15.6. The van der Waals surface area contributed by atoms with Gasteiger partial charge in [0.15, 0.2) is 6.23 Å².